The molecule has 0 saturated carbocycles. The molecule has 0 saturated heterocycles. The molecule has 27 heavy (non-hydrogen) atoms. The van der Waals surface area contributed by atoms with E-state index in [4.69, 9.17) is 0 Å². The molecule has 1 aromatic carbocycles. The number of hydrogen-bond acceptors (Lipinski definition) is 6. The summed E-state index contributed by atoms with van der Waals surface area (Å²) >= 11 is 0. The minimum absolute atomic E-state index is 0.244. The lowest BCUT2D eigenvalue weighted by molar-refractivity contribution is -0.117. The van der Waals surface area contributed by atoms with E-state index in [0.29, 0.717) is 16.9 Å². The average molecular weight is 364 g/mol. The Kier molecular flexibility index (Phi) is 5.36. The van der Waals surface area contributed by atoms with Crippen molar-refractivity contribution in [3.05, 3.63) is 76.8 Å². The van der Waals surface area contributed by atoms with Gasteiger partial charge in [-0.15, -0.1) is 0 Å². The molecule has 0 spiro atoms. The van der Waals surface area contributed by atoms with E-state index in [-0.39, 0.29) is 12.1 Å². The molecule has 0 bridgehead atoms. The Morgan fingerprint density at radius 2 is 1.89 bits per heavy atom. The van der Waals surface area contributed by atoms with Crippen molar-refractivity contribution in [3.8, 4) is 11.3 Å². The maximum atomic E-state index is 12.2. The first-order valence-corrected chi connectivity index (χ1v) is 8.03. The van der Waals surface area contributed by atoms with Crippen molar-refractivity contribution < 1.29 is 14.3 Å². The smallest absolute Gasteiger partial charge is 0.337 e. The van der Waals surface area contributed by atoms with Gasteiger partial charge in [-0.3, -0.25) is 14.6 Å². The second-order valence-electron chi connectivity index (χ2n) is 5.57. The summed E-state index contributed by atoms with van der Waals surface area (Å²) in [5, 5.41) is 6.87. The number of methoxy groups -OCH3 is 1. The summed E-state index contributed by atoms with van der Waals surface area (Å²) in [6, 6.07) is 12.7. The number of anilines is 1. The monoisotopic (exact) mass is 364 g/mol. The molecule has 1 amide bonds. The molecule has 0 fully saturated rings. The molecule has 0 atom stereocenters. The lowest BCUT2D eigenvalue weighted by atomic mass is 10.2. The molecule has 1 N–H and O–H groups in total. The van der Waals surface area contributed by atoms with Gasteiger partial charge in [-0.1, -0.05) is 0 Å². The van der Waals surface area contributed by atoms with Crippen LogP contribution >= 0.6 is 0 Å². The zero-order chi connectivity index (χ0) is 19.2. The van der Waals surface area contributed by atoms with Gasteiger partial charge in [0.1, 0.15) is 6.54 Å². The van der Waals surface area contributed by atoms with E-state index in [1.54, 1.807) is 36.7 Å². The first kappa shape index (κ1) is 18.0. The number of amides is 1. The Balaban J connectivity index is 1.72. The normalized spacial score (nSPS) is 10.3. The Morgan fingerprint density at radius 1 is 1.11 bits per heavy atom. The van der Waals surface area contributed by atoms with Crippen molar-refractivity contribution in [2.45, 2.75) is 6.54 Å². The van der Waals surface area contributed by atoms with Crippen molar-refractivity contribution >= 4 is 17.6 Å². The van der Waals surface area contributed by atoms with E-state index >= 15 is 0 Å². The van der Waals surface area contributed by atoms with Crippen molar-refractivity contribution in [2.24, 2.45) is 0 Å². The van der Waals surface area contributed by atoms with Crippen LogP contribution in [0.3, 0.4) is 0 Å². The first-order chi connectivity index (χ1) is 13.1. The number of ether oxygens (including phenoxy) is 1. The van der Waals surface area contributed by atoms with E-state index in [1.165, 1.54) is 25.3 Å². The maximum Gasteiger partial charge on any atom is 0.337 e. The number of esters is 1. The van der Waals surface area contributed by atoms with Gasteiger partial charge in [-0.25, -0.2) is 9.48 Å². The van der Waals surface area contributed by atoms with Gasteiger partial charge in [-0.2, -0.15) is 5.10 Å². The number of hydrogen-bond donors (Lipinski definition) is 1. The number of carbonyl (C=O) groups excluding carboxylic acids is 2. The van der Waals surface area contributed by atoms with E-state index in [0.717, 1.165) is 10.2 Å². The summed E-state index contributed by atoms with van der Waals surface area (Å²) in [7, 11) is 1.29. The third kappa shape index (κ3) is 4.43. The fourth-order valence-electron chi connectivity index (χ4n) is 2.37. The molecule has 136 valence electrons. The van der Waals surface area contributed by atoms with Crippen LogP contribution in [0.2, 0.25) is 0 Å². The van der Waals surface area contributed by atoms with Crippen molar-refractivity contribution in [2.75, 3.05) is 12.4 Å². The molecular formula is C19H16N4O4. The number of nitrogens with one attached hydrogen (secondary N) is 1. The predicted octanol–water partition coefficient (Wildman–Crippen LogP) is 1.73. The summed E-state index contributed by atoms with van der Waals surface area (Å²) in [6.07, 6.45) is 3.26. The molecule has 0 aliphatic rings. The third-order valence-electron chi connectivity index (χ3n) is 3.71. The Labute approximate surface area is 154 Å². The highest BCUT2D eigenvalue weighted by atomic mass is 16.5. The molecule has 0 aliphatic heterocycles. The number of rotatable bonds is 5. The fourth-order valence-corrected chi connectivity index (χ4v) is 2.37. The predicted molar refractivity (Wildman–Crippen MR) is 98.1 cm³/mol. The second kappa shape index (κ2) is 8.05. The number of aromatic nitrogens is 3. The molecule has 8 heteroatoms. The van der Waals surface area contributed by atoms with Gasteiger partial charge >= 0.3 is 5.97 Å². The topological polar surface area (TPSA) is 103 Å². The Bertz CT molecular complexity index is 1010. The lowest BCUT2D eigenvalue weighted by Gasteiger charge is -2.08. The summed E-state index contributed by atoms with van der Waals surface area (Å²) in [5.74, 6) is -0.880. The molecule has 8 nitrogen and oxygen atoms in total. The van der Waals surface area contributed by atoms with Crippen LogP contribution in [0.25, 0.3) is 11.3 Å². The summed E-state index contributed by atoms with van der Waals surface area (Å²) in [5.41, 5.74) is 1.75. The van der Waals surface area contributed by atoms with Crippen molar-refractivity contribution in [3.63, 3.8) is 0 Å². The highest BCUT2D eigenvalue weighted by Gasteiger charge is 2.10. The molecule has 0 unspecified atom stereocenters. The Morgan fingerprint density at radius 3 is 2.56 bits per heavy atom. The van der Waals surface area contributed by atoms with Gasteiger partial charge < -0.3 is 10.1 Å². The van der Waals surface area contributed by atoms with Gasteiger partial charge in [-0.05, 0) is 42.5 Å². The standard InChI is InChI=1S/C19H16N4O4/c1-27-19(26)13-4-6-15(7-5-13)21-17(24)12-23-18(25)9-8-16(22-23)14-3-2-10-20-11-14/h2-11H,12H2,1H3,(H,21,24). The average Bonchev–Trinajstić information content (AvgIpc) is 2.70. The van der Waals surface area contributed by atoms with Crippen molar-refractivity contribution in [1.82, 2.24) is 14.8 Å². The van der Waals surface area contributed by atoms with E-state index in [9.17, 15) is 14.4 Å². The SMILES string of the molecule is COC(=O)c1ccc(NC(=O)Cn2nc(-c3cccnc3)ccc2=O)cc1. The van der Waals surface area contributed by atoms with E-state index < -0.39 is 11.9 Å². The van der Waals surface area contributed by atoms with Gasteiger partial charge in [0.15, 0.2) is 0 Å². The summed E-state index contributed by atoms with van der Waals surface area (Å²) < 4.78 is 5.70. The molecular weight excluding hydrogens is 348 g/mol. The van der Waals surface area contributed by atoms with E-state index in [2.05, 4.69) is 20.1 Å². The van der Waals surface area contributed by atoms with Crippen LogP contribution in [0, 0.1) is 0 Å². The van der Waals surface area contributed by atoms with Crippen LogP contribution in [0.1, 0.15) is 10.4 Å². The Hall–Kier alpha value is -3.81. The highest BCUT2D eigenvalue weighted by molar-refractivity contribution is 5.92. The molecule has 0 radical (unpaired) electrons. The largest absolute Gasteiger partial charge is 0.465 e. The quantitative estimate of drug-likeness (QED) is 0.692. The van der Waals surface area contributed by atoms with Gasteiger partial charge in [0.25, 0.3) is 5.56 Å². The molecule has 2 heterocycles. The molecule has 3 rings (SSSR count). The van der Waals surface area contributed by atoms with Crippen LogP contribution in [0.5, 0.6) is 0 Å². The summed E-state index contributed by atoms with van der Waals surface area (Å²) in [4.78, 5) is 39.7. The summed E-state index contributed by atoms with van der Waals surface area (Å²) in [6.45, 7) is -0.244. The van der Waals surface area contributed by atoms with Crippen LogP contribution in [0.4, 0.5) is 5.69 Å². The highest BCUT2D eigenvalue weighted by Crippen LogP contribution is 2.13. The van der Waals surface area contributed by atoms with Gasteiger partial charge in [0, 0.05) is 29.7 Å². The minimum Gasteiger partial charge on any atom is -0.465 e. The van der Waals surface area contributed by atoms with E-state index in [1.807, 2.05) is 6.07 Å². The fraction of sp³-hybridized carbons (Fsp3) is 0.105. The number of carbonyl (C=O) groups is 2. The lowest BCUT2D eigenvalue weighted by Crippen LogP contribution is -2.29. The van der Waals surface area contributed by atoms with Crippen LogP contribution in [-0.4, -0.2) is 33.8 Å². The van der Waals surface area contributed by atoms with Crippen LogP contribution in [0.15, 0.2) is 65.7 Å². The molecule has 0 aliphatic carbocycles. The number of benzene rings is 1. The molecule has 3 aromatic rings. The maximum absolute atomic E-state index is 12.2. The van der Waals surface area contributed by atoms with Gasteiger partial charge in [0.05, 0.1) is 18.4 Å². The zero-order valence-corrected chi connectivity index (χ0v) is 14.5. The van der Waals surface area contributed by atoms with Crippen LogP contribution in [-0.2, 0) is 16.1 Å². The third-order valence-corrected chi connectivity index (χ3v) is 3.71. The minimum atomic E-state index is -0.462. The van der Waals surface area contributed by atoms with Crippen LogP contribution < -0.4 is 10.9 Å². The van der Waals surface area contributed by atoms with Gasteiger partial charge in [0.2, 0.25) is 5.91 Å². The number of pyridine rings is 1. The first-order valence-electron chi connectivity index (χ1n) is 8.03. The van der Waals surface area contributed by atoms with Crippen molar-refractivity contribution in [1.29, 1.82) is 0 Å². The zero-order valence-electron chi connectivity index (χ0n) is 14.5. The second-order valence-corrected chi connectivity index (χ2v) is 5.57. The molecule has 2 aromatic heterocycles. The number of nitrogens with zero attached hydrogens (tertiary/aromatic N) is 3.